The summed E-state index contributed by atoms with van der Waals surface area (Å²) in [6.45, 7) is 3.57. The van der Waals surface area contributed by atoms with Gasteiger partial charge in [-0.25, -0.2) is 8.42 Å². The second-order valence-corrected chi connectivity index (χ2v) is 4.28. The van der Waals surface area contributed by atoms with Gasteiger partial charge in [-0.2, -0.15) is 0 Å². The zero-order valence-electron chi connectivity index (χ0n) is 8.16. The molecule has 0 aromatic carbocycles. The summed E-state index contributed by atoms with van der Waals surface area (Å²) in [6, 6.07) is 0. The molecule has 0 aromatic heterocycles. The zero-order chi connectivity index (χ0) is 9.45. The Kier molecular flexibility index (Phi) is 11.4. The first-order valence-electron chi connectivity index (χ1n) is 4.11. The Bertz CT molecular complexity index is 211. The number of allylic oxidation sites excluding steroid dienone is 1. The summed E-state index contributed by atoms with van der Waals surface area (Å²) in [5.74, 6) is -0.221. The smallest absolute Gasteiger partial charge is 0.748 e. The van der Waals surface area contributed by atoms with Gasteiger partial charge in [-0.1, -0.05) is 18.9 Å². The van der Waals surface area contributed by atoms with Crippen LogP contribution in [-0.2, 0) is 10.1 Å². The molecule has 0 radical (unpaired) electrons. The Labute approximate surface area is 103 Å². The molecule has 0 saturated heterocycles. The van der Waals surface area contributed by atoms with E-state index in [1.165, 1.54) is 0 Å². The molecule has 0 aliphatic carbocycles. The zero-order valence-corrected chi connectivity index (χ0v) is 11.0. The van der Waals surface area contributed by atoms with Gasteiger partial charge in [0.1, 0.15) is 0 Å². The topological polar surface area (TPSA) is 57.2 Å². The third-order valence-electron chi connectivity index (χ3n) is 1.55. The van der Waals surface area contributed by atoms with E-state index in [1.807, 2.05) is 6.08 Å². The predicted molar refractivity (Wildman–Crippen MR) is 47.8 cm³/mol. The summed E-state index contributed by atoms with van der Waals surface area (Å²) in [6.07, 6.45) is 6.11. The summed E-state index contributed by atoms with van der Waals surface area (Å²) in [4.78, 5) is 0. The number of hydrogen-bond donors (Lipinski definition) is 0. The van der Waals surface area contributed by atoms with Crippen molar-refractivity contribution in [3.8, 4) is 0 Å². The molecule has 3 nitrogen and oxygen atoms in total. The third-order valence-corrected chi connectivity index (χ3v) is 2.34. The standard InChI is InChI=1S/C8H16O3S.Na/c1-2-3-4-5-6-7-8-12(9,10)11;/h2H,1,3-8H2,(H,9,10,11);/q;+1/p-1. The molecule has 0 saturated carbocycles. The summed E-state index contributed by atoms with van der Waals surface area (Å²) in [5, 5.41) is 0. The molecule has 0 fully saturated rings. The van der Waals surface area contributed by atoms with Crippen molar-refractivity contribution in [2.75, 3.05) is 5.75 Å². The van der Waals surface area contributed by atoms with Crippen LogP contribution in [0.4, 0.5) is 0 Å². The van der Waals surface area contributed by atoms with Gasteiger partial charge in [0, 0.05) is 5.75 Å². The molecule has 0 spiro atoms. The maximum atomic E-state index is 10.1. The maximum absolute atomic E-state index is 10.1. The Balaban J connectivity index is 0. The maximum Gasteiger partial charge on any atom is 1.00 e. The summed E-state index contributed by atoms with van der Waals surface area (Å²) >= 11 is 0. The molecule has 0 aliphatic heterocycles. The van der Waals surface area contributed by atoms with Crippen molar-refractivity contribution >= 4 is 10.1 Å². The van der Waals surface area contributed by atoms with Crippen LogP contribution in [-0.4, -0.2) is 18.7 Å². The van der Waals surface area contributed by atoms with Crippen molar-refractivity contribution in [2.45, 2.75) is 32.1 Å². The molecule has 0 bridgehead atoms. The predicted octanol–water partition coefficient (Wildman–Crippen LogP) is -1.33. The molecular weight excluding hydrogens is 199 g/mol. The van der Waals surface area contributed by atoms with Crippen LogP contribution in [0.15, 0.2) is 12.7 Å². The van der Waals surface area contributed by atoms with Gasteiger partial charge in [-0.3, -0.25) is 0 Å². The van der Waals surface area contributed by atoms with E-state index in [0.717, 1.165) is 25.7 Å². The van der Waals surface area contributed by atoms with Crippen LogP contribution in [0.25, 0.3) is 0 Å². The van der Waals surface area contributed by atoms with E-state index < -0.39 is 10.1 Å². The normalized spacial score (nSPS) is 10.5. The van der Waals surface area contributed by atoms with Crippen LogP contribution >= 0.6 is 0 Å². The van der Waals surface area contributed by atoms with E-state index in [9.17, 15) is 13.0 Å². The van der Waals surface area contributed by atoms with Gasteiger partial charge in [0.2, 0.25) is 0 Å². The average molecular weight is 214 g/mol. The Morgan fingerprint density at radius 1 is 1.15 bits per heavy atom. The quantitative estimate of drug-likeness (QED) is 0.228. The largest absolute Gasteiger partial charge is 1.00 e. The fourth-order valence-electron chi connectivity index (χ4n) is 0.921. The second-order valence-electron chi connectivity index (χ2n) is 2.75. The first-order chi connectivity index (χ1) is 5.56. The Hall–Kier alpha value is 0.650. The first-order valence-corrected chi connectivity index (χ1v) is 5.68. The van der Waals surface area contributed by atoms with Gasteiger partial charge < -0.3 is 4.55 Å². The molecule has 0 unspecified atom stereocenters. The molecule has 0 atom stereocenters. The monoisotopic (exact) mass is 214 g/mol. The molecule has 0 heterocycles. The number of unbranched alkanes of at least 4 members (excludes halogenated alkanes) is 4. The van der Waals surface area contributed by atoms with E-state index in [0.29, 0.717) is 6.42 Å². The van der Waals surface area contributed by atoms with E-state index in [2.05, 4.69) is 6.58 Å². The van der Waals surface area contributed by atoms with Crippen LogP contribution in [0, 0.1) is 0 Å². The van der Waals surface area contributed by atoms with E-state index in [4.69, 9.17) is 0 Å². The van der Waals surface area contributed by atoms with E-state index in [1.54, 1.807) is 0 Å². The summed E-state index contributed by atoms with van der Waals surface area (Å²) < 4.78 is 30.4. The molecule has 0 aromatic rings. The van der Waals surface area contributed by atoms with Crippen molar-refractivity contribution in [1.29, 1.82) is 0 Å². The van der Waals surface area contributed by atoms with Crippen LogP contribution in [0.1, 0.15) is 32.1 Å². The fraction of sp³-hybridized carbons (Fsp3) is 0.750. The van der Waals surface area contributed by atoms with Crippen molar-refractivity contribution < 1.29 is 42.5 Å². The third kappa shape index (κ3) is 15.4. The van der Waals surface area contributed by atoms with Crippen LogP contribution in [0.2, 0.25) is 0 Å². The van der Waals surface area contributed by atoms with Crippen molar-refractivity contribution in [3.05, 3.63) is 12.7 Å². The van der Waals surface area contributed by atoms with Gasteiger partial charge in [-0.05, 0) is 19.3 Å². The van der Waals surface area contributed by atoms with E-state index >= 15 is 0 Å². The minimum Gasteiger partial charge on any atom is -0.748 e. The molecule has 72 valence electrons. The molecular formula is C8H15NaO3S. The van der Waals surface area contributed by atoms with Gasteiger partial charge in [0.25, 0.3) is 0 Å². The summed E-state index contributed by atoms with van der Waals surface area (Å²) in [5.41, 5.74) is 0. The van der Waals surface area contributed by atoms with Gasteiger partial charge >= 0.3 is 29.6 Å². The van der Waals surface area contributed by atoms with Crippen LogP contribution < -0.4 is 29.6 Å². The van der Waals surface area contributed by atoms with Crippen molar-refractivity contribution in [2.24, 2.45) is 0 Å². The molecule has 0 N–H and O–H groups in total. The minimum absolute atomic E-state index is 0. The van der Waals surface area contributed by atoms with Crippen molar-refractivity contribution in [3.63, 3.8) is 0 Å². The molecule has 0 amide bonds. The first kappa shape index (κ1) is 16.1. The average Bonchev–Trinajstić information content (AvgIpc) is 1.94. The van der Waals surface area contributed by atoms with E-state index in [-0.39, 0.29) is 35.3 Å². The van der Waals surface area contributed by atoms with Crippen molar-refractivity contribution in [1.82, 2.24) is 0 Å². The molecule has 13 heavy (non-hydrogen) atoms. The van der Waals surface area contributed by atoms with Gasteiger partial charge in [0.05, 0.1) is 10.1 Å². The molecule has 0 aliphatic rings. The van der Waals surface area contributed by atoms with Gasteiger partial charge in [0.15, 0.2) is 0 Å². The SMILES string of the molecule is C=CCCCCCCS(=O)(=O)[O-].[Na+]. The fourth-order valence-corrected chi connectivity index (χ4v) is 1.48. The minimum atomic E-state index is -3.99. The Morgan fingerprint density at radius 2 is 1.69 bits per heavy atom. The number of hydrogen-bond acceptors (Lipinski definition) is 3. The summed E-state index contributed by atoms with van der Waals surface area (Å²) in [7, 11) is -3.99. The van der Waals surface area contributed by atoms with Gasteiger partial charge in [-0.15, -0.1) is 6.58 Å². The van der Waals surface area contributed by atoms with Crippen LogP contribution in [0.3, 0.4) is 0 Å². The van der Waals surface area contributed by atoms with Crippen LogP contribution in [0.5, 0.6) is 0 Å². The molecule has 0 rings (SSSR count). The number of rotatable bonds is 7. The Morgan fingerprint density at radius 3 is 2.15 bits per heavy atom. The molecule has 5 heteroatoms. The second kappa shape index (κ2) is 9.21.